The number of benzene rings is 1. The van der Waals surface area contributed by atoms with Gasteiger partial charge in [0, 0.05) is 24.2 Å². The molecule has 2 aromatic rings. The van der Waals surface area contributed by atoms with E-state index in [1.807, 2.05) is 6.07 Å². The van der Waals surface area contributed by atoms with Crippen LogP contribution in [0, 0.1) is 13.8 Å². The summed E-state index contributed by atoms with van der Waals surface area (Å²) in [7, 11) is 0. The van der Waals surface area contributed by atoms with E-state index in [1.165, 1.54) is 24.0 Å². The number of nitrogens with one attached hydrogen (secondary N) is 2. The number of anilines is 3. The number of hydrogen-bond donors (Lipinski definition) is 2. The topological polar surface area (TPSA) is 49.8 Å². The van der Waals surface area contributed by atoms with Gasteiger partial charge in [0.15, 0.2) is 0 Å². The molecule has 1 fully saturated rings. The smallest absolute Gasteiger partial charge is 0.136 e. The minimum atomic E-state index is 0.545. The van der Waals surface area contributed by atoms with E-state index < -0.39 is 0 Å². The van der Waals surface area contributed by atoms with E-state index in [1.54, 1.807) is 0 Å². The Morgan fingerprint density at radius 1 is 1.10 bits per heavy atom. The van der Waals surface area contributed by atoms with Gasteiger partial charge in [-0.2, -0.15) is 0 Å². The largest absolute Gasteiger partial charge is 0.370 e. The molecule has 4 heteroatoms. The first-order valence-electron chi connectivity index (χ1n) is 7.63. The number of nitrogens with zero attached hydrogens (tertiary/aromatic N) is 2. The van der Waals surface area contributed by atoms with Gasteiger partial charge in [0.2, 0.25) is 0 Å². The van der Waals surface area contributed by atoms with Crippen LogP contribution in [0.15, 0.2) is 24.3 Å². The molecule has 1 aliphatic carbocycles. The highest BCUT2D eigenvalue weighted by molar-refractivity contribution is 5.63. The number of hydrogen-bond acceptors (Lipinski definition) is 4. The van der Waals surface area contributed by atoms with Gasteiger partial charge >= 0.3 is 0 Å². The van der Waals surface area contributed by atoms with E-state index in [-0.39, 0.29) is 0 Å². The second-order valence-electron chi connectivity index (χ2n) is 5.74. The standard InChI is InChI=1S/C17H22N4/c1-4-18-15-10-16(21-17(20-15)13-6-7-13)19-14-8-5-11(2)9-12(14)3/h5,8-10,13H,4,6-7H2,1-3H3,(H2,18,19,20,21). The summed E-state index contributed by atoms with van der Waals surface area (Å²) in [6.45, 7) is 7.17. The van der Waals surface area contributed by atoms with Crippen molar-refractivity contribution in [3.63, 3.8) is 0 Å². The lowest BCUT2D eigenvalue weighted by atomic mass is 10.1. The van der Waals surface area contributed by atoms with E-state index >= 15 is 0 Å². The van der Waals surface area contributed by atoms with Crippen molar-refractivity contribution in [2.75, 3.05) is 17.2 Å². The second-order valence-corrected chi connectivity index (χ2v) is 5.74. The summed E-state index contributed by atoms with van der Waals surface area (Å²) in [5, 5.41) is 6.72. The Labute approximate surface area is 126 Å². The Balaban J connectivity index is 1.89. The van der Waals surface area contributed by atoms with E-state index in [4.69, 9.17) is 0 Å². The molecule has 1 aromatic heterocycles. The molecule has 0 spiro atoms. The summed E-state index contributed by atoms with van der Waals surface area (Å²) in [4.78, 5) is 9.28. The fourth-order valence-electron chi connectivity index (χ4n) is 2.42. The predicted octanol–water partition coefficient (Wildman–Crippen LogP) is 4.15. The molecule has 1 saturated carbocycles. The third-order valence-corrected chi connectivity index (χ3v) is 3.69. The maximum absolute atomic E-state index is 4.67. The van der Waals surface area contributed by atoms with Gasteiger partial charge in [0.1, 0.15) is 17.5 Å². The zero-order valence-electron chi connectivity index (χ0n) is 12.9. The lowest BCUT2D eigenvalue weighted by Gasteiger charge is -2.12. The van der Waals surface area contributed by atoms with Crippen LogP contribution in [-0.2, 0) is 0 Å². The van der Waals surface area contributed by atoms with Crippen LogP contribution in [0.3, 0.4) is 0 Å². The van der Waals surface area contributed by atoms with E-state index in [2.05, 4.69) is 59.6 Å². The molecule has 0 amide bonds. The summed E-state index contributed by atoms with van der Waals surface area (Å²) in [5.74, 6) is 3.28. The maximum Gasteiger partial charge on any atom is 0.136 e. The van der Waals surface area contributed by atoms with Crippen molar-refractivity contribution >= 4 is 17.3 Å². The van der Waals surface area contributed by atoms with Crippen LogP contribution in [0.5, 0.6) is 0 Å². The molecule has 0 unspecified atom stereocenters. The highest BCUT2D eigenvalue weighted by atomic mass is 15.1. The number of rotatable bonds is 5. The number of aryl methyl sites for hydroxylation is 2. The van der Waals surface area contributed by atoms with Gasteiger partial charge < -0.3 is 10.6 Å². The molecule has 2 N–H and O–H groups in total. The Hall–Kier alpha value is -2.10. The number of aromatic nitrogens is 2. The molecular weight excluding hydrogens is 260 g/mol. The van der Waals surface area contributed by atoms with Crippen LogP contribution in [-0.4, -0.2) is 16.5 Å². The summed E-state index contributed by atoms with van der Waals surface area (Å²) in [5.41, 5.74) is 3.60. The molecule has 110 valence electrons. The van der Waals surface area contributed by atoms with Crippen LogP contribution in [0.4, 0.5) is 17.3 Å². The lowest BCUT2D eigenvalue weighted by molar-refractivity contribution is 0.927. The van der Waals surface area contributed by atoms with Crippen molar-refractivity contribution in [2.45, 2.75) is 39.5 Å². The Bertz CT molecular complexity index is 647. The molecular formula is C17H22N4. The molecule has 0 aliphatic heterocycles. The van der Waals surface area contributed by atoms with Crippen molar-refractivity contribution in [3.8, 4) is 0 Å². The van der Waals surface area contributed by atoms with Crippen molar-refractivity contribution in [2.24, 2.45) is 0 Å². The van der Waals surface area contributed by atoms with E-state index in [0.717, 1.165) is 29.7 Å². The average Bonchev–Trinajstić information content (AvgIpc) is 3.27. The highest BCUT2D eigenvalue weighted by Gasteiger charge is 2.27. The van der Waals surface area contributed by atoms with Crippen LogP contribution in [0.2, 0.25) is 0 Å². The van der Waals surface area contributed by atoms with Gasteiger partial charge in [-0.1, -0.05) is 17.7 Å². The third-order valence-electron chi connectivity index (χ3n) is 3.69. The molecule has 0 bridgehead atoms. The minimum absolute atomic E-state index is 0.545. The minimum Gasteiger partial charge on any atom is -0.370 e. The van der Waals surface area contributed by atoms with Crippen LogP contribution < -0.4 is 10.6 Å². The lowest BCUT2D eigenvalue weighted by Crippen LogP contribution is -2.06. The molecule has 0 saturated heterocycles. The molecule has 1 aliphatic rings. The molecule has 1 heterocycles. The predicted molar refractivity (Wildman–Crippen MR) is 87.4 cm³/mol. The zero-order valence-corrected chi connectivity index (χ0v) is 12.9. The van der Waals surface area contributed by atoms with Crippen molar-refractivity contribution in [3.05, 3.63) is 41.2 Å². The molecule has 0 radical (unpaired) electrons. The second kappa shape index (κ2) is 5.72. The van der Waals surface area contributed by atoms with Crippen molar-refractivity contribution < 1.29 is 0 Å². The Morgan fingerprint density at radius 3 is 2.52 bits per heavy atom. The maximum atomic E-state index is 4.67. The van der Waals surface area contributed by atoms with Gasteiger partial charge in [0.05, 0.1) is 0 Å². The van der Waals surface area contributed by atoms with Crippen molar-refractivity contribution in [1.82, 2.24) is 9.97 Å². The van der Waals surface area contributed by atoms with Crippen molar-refractivity contribution in [1.29, 1.82) is 0 Å². The molecule has 4 nitrogen and oxygen atoms in total. The van der Waals surface area contributed by atoms with E-state index in [9.17, 15) is 0 Å². The SMILES string of the molecule is CCNc1cc(Nc2ccc(C)cc2C)nc(C2CC2)n1. The molecule has 0 atom stereocenters. The third kappa shape index (κ3) is 3.32. The van der Waals surface area contributed by atoms with Gasteiger partial charge in [-0.25, -0.2) is 9.97 Å². The Kier molecular flexibility index (Phi) is 3.78. The van der Waals surface area contributed by atoms with Crippen LogP contribution in [0.25, 0.3) is 0 Å². The summed E-state index contributed by atoms with van der Waals surface area (Å²) in [6.07, 6.45) is 2.41. The van der Waals surface area contributed by atoms with E-state index in [0.29, 0.717) is 5.92 Å². The molecule has 1 aromatic carbocycles. The average molecular weight is 282 g/mol. The summed E-state index contributed by atoms with van der Waals surface area (Å²) in [6, 6.07) is 8.38. The highest BCUT2D eigenvalue weighted by Crippen LogP contribution is 2.39. The normalized spacial score (nSPS) is 14.0. The zero-order chi connectivity index (χ0) is 14.8. The van der Waals surface area contributed by atoms with Gasteiger partial charge in [-0.3, -0.25) is 0 Å². The fourth-order valence-corrected chi connectivity index (χ4v) is 2.42. The van der Waals surface area contributed by atoms with Crippen LogP contribution >= 0.6 is 0 Å². The Morgan fingerprint density at radius 2 is 1.86 bits per heavy atom. The first kappa shape index (κ1) is 13.9. The summed E-state index contributed by atoms with van der Waals surface area (Å²) >= 11 is 0. The first-order chi connectivity index (χ1) is 10.2. The van der Waals surface area contributed by atoms with Gasteiger partial charge in [-0.05, 0) is 45.2 Å². The molecule has 21 heavy (non-hydrogen) atoms. The van der Waals surface area contributed by atoms with Gasteiger partial charge in [0.25, 0.3) is 0 Å². The quantitative estimate of drug-likeness (QED) is 0.865. The monoisotopic (exact) mass is 282 g/mol. The first-order valence-corrected chi connectivity index (χ1v) is 7.63. The van der Waals surface area contributed by atoms with Crippen LogP contribution in [0.1, 0.15) is 42.6 Å². The fraction of sp³-hybridized carbons (Fsp3) is 0.412. The van der Waals surface area contributed by atoms with Gasteiger partial charge in [-0.15, -0.1) is 0 Å². The summed E-state index contributed by atoms with van der Waals surface area (Å²) < 4.78 is 0. The molecule has 3 rings (SSSR count).